The van der Waals surface area contributed by atoms with Gasteiger partial charge in [-0.1, -0.05) is 58.0 Å². The van der Waals surface area contributed by atoms with E-state index in [-0.39, 0.29) is 17.1 Å². The Labute approximate surface area is 196 Å². The summed E-state index contributed by atoms with van der Waals surface area (Å²) in [5.41, 5.74) is 5.32. The second kappa shape index (κ2) is 8.73. The Morgan fingerprint density at radius 1 is 1.10 bits per heavy atom. The number of H-pyrrole nitrogens is 1. The quantitative estimate of drug-likeness (QED) is 0.195. The number of halogens is 1. The third-order valence-electron chi connectivity index (χ3n) is 5.59. The minimum absolute atomic E-state index is 0.00109. The van der Waals surface area contributed by atoms with Gasteiger partial charge in [0, 0.05) is 21.0 Å². The number of Topliss-reactive ketones (excluding diaryl/α,β-unsaturated/α-hetero) is 1. The topological polar surface area (TPSA) is 62.8 Å². The maximum absolute atomic E-state index is 12.9. The van der Waals surface area contributed by atoms with Gasteiger partial charge in [-0.05, 0) is 54.5 Å². The number of aromatic nitrogens is 2. The van der Waals surface area contributed by atoms with E-state index in [4.69, 9.17) is 0 Å². The van der Waals surface area contributed by atoms with Gasteiger partial charge in [-0.15, -0.1) is 11.3 Å². The number of carbonyl (C=O) groups is 1. The molecule has 2 aromatic carbocycles. The molecule has 1 N–H and O–H groups in total. The summed E-state index contributed by atoms with van der Waals surface area (Å²) in [5.74, 6) is 0.222. The van der Waals surface area contributed by atoms with Crippen molar-refractivity contribution in [2.24, 2.45) is 0 Å². The van der Waals surface area contributed by atoms with Crippen molar-refractivity contribution in [2.45, 2.75) is 30.8 Å². The minimum atomic E-state index is -0.155. The molecule has 0 amide bonds. The van der Waals surface area contributed by atoms with Crippen molar-refractivity contribution in [2.75, 3.05) is 5.75 Å². The Hall–Kier alpha value is -2.22. The van der Waals surface area contributed by atoms with Gasteiger partial charge in [0.1, 0.15) is 4.83 Å². The lowest BCUT2D eigenvalue weighted by molar-refractivity contribution is 0.102. The van der Waals surface area contributed by atoms with Gasteiger partial charge >= 0.3 is 0 Å². The number of thioether (sulfide) groups is 1. The van der Waals surface area contributed by atoms with E-state index in [0.717, 1.165) is 28.4 Å². The number of fused-ring (bicyclic) bond motifs is 2. The normalized spacial score (nSPS) is 13.3. The van der Waals surface area contributed by atoms with Crippen molar-refractivity contribution < 1.29 is 4.79 Å². The molecule has 0 bridgehead atoms. The first-order chi connectivity index (χ1) is 15.1. The van der Waals surface area contributed by atoms with E-state index in [1.165, 1.54) is 47.1 Å². The van der Waals surface area contributed by atoms with E-state index in [2.05, 4.69) is 44.1 Å². The van der Waals surface area contributed by atoms with Crippen molar-refractivity contribution in [3.8, 4) is 11.1 Å². The third kappa shape index (κ3) is 4.27. The van der Waals surface area contributed by atoms with Crippen LogP contribution in [-0.4, -0.2) is 21.5 Å². The van der Waals surface area contributed by atoms with Crippen LogP contribution in [0.3, 0.4) is 0 Å². The van der Waals surface area contributed by atoms with E-state index in [0.29, 0.717) is 20.9 Å². The molecule has 1 aliphatic carbocycles. The molecule has 2 aromatic heterocycles. The lowest BCUT2D eigenvalue weighted by Crippen LogP contribution is -2.10. The Bertz CT molecular complexity index is 1340. The number of aryl methyl sites for hydroxylation is 2. The molecule has 4 nitrogen and oxygen atoms in total. The summed E-state index contributed by atoms with van der Waals surface area (Å²) in [5, 5.41) is 3.12. The molecular formula is C24H19BrN2O2S2. The SMILES string of the molecule is O=C(CSc1nc2scc(-c3ccc4c(c3)CCCC4)c2c(=O)[nH]1)c1ccc(Br)cc1. The first kappa shape index (κ1) is 20.7. The van der Waals surface area contributed by atoms with E-state index >= 15 is 0 Å². The number of hydrogen-bond donors (Lipinski definition) is 1. The fourth-order valence-electron chi connectivity index (χ4n) is 3.96. The van der Waals surface area contributed by atoms with Crippen LogP contribution in [0.25, 0.3) is 21.3 Å². The molecular weight excluding hydrogens is 492 g/mol. The van der Waals surface area contributed by atoms with Crippen molar-refractivity contribution in [3.63, 3.8) is 0 Å². The van der Waals surface area contributed by atoms with Gasteiger partial charge in [-0.25, -0.2) is 4.98 Å². The van der Waals surface area contributed by atoms with Crippen molar-refractivity contribution in [1.82, 2.24) is 9.97 Å². The molecule has 0 aliphatic heterocycles. The van der Waals surface area contributed by atoms with E-state index < -0.39 is 0 Å². The van der Waals surface area contributed by atoms with Crippen LogP contribution >= 0.6 is 39.0 Å². The molecule has 1 aliphatic rings. The summed E-state index contributed by atoms with van der Waals surface area (Å²) in [6, 6.07) is 13.8. The maximum Gasteiger partial charge on any atom is 0.260 e. The highest BCUT2D eigenvalue weighted by Gasteiger charge is 2.16. The summed E-state index contributed by atoms with van der Waals surface area (Å²) in [4.78, 5) is 33.5. The monoisotopic (exact) mass is 510 g/mol. The van der Waals surface area contributed by atoms with Crippen molar-refractivity contribution >= 4 is 55.0 Å². The van der Waals surface area contributed by atoms with Gasteiger partial charge in [-0.3, -0.25) is 9.59 Å². The first-order valence-corrected chi connectivity index (χ1v) is 12.8. The summed E-state index contributed by atoms with van der Waals surface area (Å²) in [7, 11) is 0. The Morgan fingerprint density at radius 3 is 2.68 bits per heavy atom. The number of nitrogens with zero attached hydrogens (tertiary/aromatic N) is 1. The maximum atomic E-state index is 12.9. The van der Waals surface area contributed by atoms with Crippen LogP contribution in [-0.2, 0) is 12.8 Å². The highest BCUT2D eigenvalue weighted by Crippen LogP contribution is 2.34. The van der Waals surface area contributed by atoms with E-state index in [1.807, 2.05) is 17.5 Å². The average molecular weight is 511 g/mol. The number of hydrogen-bond acceptors (Lipinski definition) is 5. The van der Waals surface area contributed by atoms with E-state index in [1.54, 1.807) is 12.1 Å². The van der Waals surface area contributed by atoms with Crippen LogP contribution in [0.15, 0.2) is 62.3 Å². The molecule has 0 spiro atoms. The number of ketones is 1. The van der Waals surface area contributed by atoms with Crippen molar-refractivity contribution in [1.29, 1.82) is 0 Å². The van der Waals surface area contributed by atoms with Crippen LogP contribution in [0.2, 0.25) is 0 Å². The van der Waals surface area contributed by atoms with Gasteiger partial charge in [0.05, 0.1) is 11.1 Å². The molecule has 0 fully saturated rings. The second-order valence-electron chi connectivity index (χ2n) is 7.61. The Balaban J connectivity index is 1.40. The van der Waals surface area contributed by atoms with Gasteiger partial charge in [-0.2, -0.15) is 0 Å². The molecule has 0 saturated heterocycles. The molecule has 31 heavy (non-hydrogen) atoms. The summed E-state index contributed by atoms with van der Waals surface area (Å²) in [6.45, 7) is 0. The fraction of sp³-hybridized carbons (Fsp3) is 0.208. The highest BCUT2D eigenvalue weighted by atomic mass is 79.9. The number of thiophene rings is 1. The third-order valence-corrected chi connectivity index (χ3v) is 7.86. The standard InChI is InChI=1S/C24H19BrN2O2S2/c25-18-9-7-15(8-10-18)20(28)13-31-24-26-22(29)21-19(12-30-23(21)27-24)17-6-5-14-3-1-2-4-16(14)11-17/h5-12H,1-4,13H2,(H,26,27,29). The van der Waals surface area contributed by atoms with Gasteiger partial charge in [0.25, 0.3) is 5.56 Å². The molecule has 156 valence electrons. The first-order valence-electron chi connectivity index (χ1n) is 10.1. The van der Waals surface area contributed by atoms with Crippen LogP contribution in [0.4, 0.5) is 0 Å². The lowest BCUT2D eigenvalue weighted by Gasteiger charge is -2.16. The predicted molar refractivity (Wildman–Crippen MR) is 132 cm³/mol. The zero-order chi connectivity index (χ0) is 21.4. The minimum Gasteiger partial charge on any atom is -0.301 e. The Morgan fingerprint density at radius 2 is 1.87 bits per heavy atom. The van der Waals surface area contributed by atoms with Crippen LogP contribution in [0.5, 0.6) is 0 Å². The molecule has 5 rings (SSSR count). The van der Waals surface area contributed by atoms with E-state index in [9.17, 15) is 9.59 Å². The largest absolute Gasteiger partial charge is 0.301 e. The number of benzene rings is 2. The molecule has 0 atom stereocenters. The molecule has 0 radical (unpaired) electrons. The molecule has 0 saturated carbocycles. The fourth-order valence-corrected chi connectivity index (χ4v) is 5.99. The smallest absolute Gasteiger partial charge is 0.260 e. The molecule has 4 aromatic rings. The van der Waals surface area contributed by atoms with Crippen LogP contribution < -0.4 is 5.56 Å². The predicted octanol–water partition coefficient (Wildman–Crippen LogP) is 6.27. The number of aromatic amines is 1. The molecule has 7 heteroatoms. The number of carbonyl (C=O) groups excluding carboxylic acids is 1. The zero-order valence-corrected chi connectivity index (χ0v) is 19.8. The highest BCUT2D eigenvalue weighted by molar-refractivity contribution is 9.10. The summed E-state index contributed by atoms with van der Waals surface area (Å²) in [6.07, 6.45) is 4.72. The van der Waals surface area contributed by atoms with Gasteiger partial charge in [0.2, 0.25) is 0 Å². The van der Waals surface area contributed by atoms with Gasteiger partial charge < -0.3 is 4.98 Å². The zero-order valence-electron chi connectivity index (χ0n) is 16.6. The molecule has 2 heterocycles. The second-order valence-corrected chi connectivity index (χ2v) is 10.3. The molecule has 0 unspecified atom stereocenters. The van der Waals surface area contributed by atoms with Gasteiger partial charge in [0.15, 0.2) is 10.9 Å². The average Bonchev–Trinajstić information content (AvgIpc) is 3.22. The Kier molecular flexibility index (Phi) is 5.82. The summed E-state index contributed by atoms with van der Waals surface area (Å²) >= 11 is 6.10. The number of nitrogens with one attached hydrogen (secondary N) is 1. The van der Waals surface area contributed by atoms with Crippen molar-refractivity contribution in [3.05, 3.63) is 79.4 Å². The number of rotatable bonds is 5. The lowest BCUT2D eigenvalue weighted by atomic mass is 9.89. The van der Waals surface area contributed by atoms with Crippen LogP contribution in [0, 0.1) is 0 Å². The summed E-state index contributed by atoms with van der Waals surface area (Å²) < 4.78 is 0.931. The van der Waals surface area contributed by atoms with Crippen LogP contribution in [0.1, 0.15) is 34.3 Å².